The van der Waals surface area contributed by atoms with Gasteiger partial charge < -0.3 is 25.2 Å². The molecule has 0 unspecified atom stereocenters. The largest absolute Gasteiger partial charge is 0.507 e. The summed E-state index contributed by atoms with van der Waals surface area (Å²) >= 11 is 2.80. The van der Waals surface area contributed by atoms with Crippen LogP contribution >= 0.6 is 23.5 Å². The van der Waals surface area contributed by atoms with Gasteiger partial charge in [0.25, 0.3) is 5.69 Å². The number of aromatic hydroxyl groups is 1. The summed E-state index contributed by atoms with van der Waals surface area (Å²) in [4.78, 5) is 34.6. The molecule has 0 atom stereocenters. The average molecular weight is 460 g/mol. The fourth-order valence-corrected chi connectivity index (χ4v) is 3.83. The summed E-state index contributed by atoms with van der Waals surface area (Å²) in [5.41, 5.74) is 0.206. The average Bonchev–Trinajstić information content (AvgIpc) is 2.72. The van der Waals surface area contributed by atoms with E-state index in [1.165, 1.54) is 35.7 Å². The number of ether oxygens (including phenoxy) is 2. The summed E-state index contributed by atoms with van der Waals surface area (Å²) < 4.78 is 10.8. The van der Waals surface area contributed by atoms with Crippen LogP contribution in [0.25, 0.3) is 0 Å². The predicted molar refractivity (Wildman–Crippen MR) is 115 cm³/mol. The fourth-order valence-electron chi connectivity index (χ4n) is 2.49. The molecular formula is C18H25N3O7S2. The number of carbonyl (C=O) groups excluding carboxylic acids is 2. The Hall–Kier alpha value is -2.02. The van der Waals surface area contributed by atoms with E-state index in [1.807, 2.05) is 0 Å². The molecule has 0 fully saturated rings. The van der Waals surface area contributed by atoms with Crippen molar-refractivity contribution in [3.63, 3.8) is 0 Å². The number of amides is 2. The molecule has 1 aliphatic rings. The molecule has 2 bridgehead atoms. The molecular weight excluding hydrogens is 434 g/mol. The van der Waals surface area contributed by atoms with Gasteiger partial charge in [0.05, 0.1) is 42.9 Å². The summed E-state index contributed by atoms with van der Waals surface area (Å²) in [6.45, 7) is 1.79. The molecule has 0 radical (unpaired) electrons. The Labute approximate surface area is 182 Å². The van der Waals surface area contributed by atoms with Crippen molar-refractivity contribution in [1.29, 1.82) is 0 Å². The lowest BCUT2D eigenvalue weighted by Crippen LogP contribution is -2.26. The molecule has 3 N–H and O–H groups in total. The minimum Gasteiger partial charge on any atom is -0.507 e. The van der Waals surface area contributed by atoms with Crippen molar-refractivity contribution >= 4 is 41.0 Å². The molecule has 2 rings (SSSR count). The zero-order chi connectivity index (χ0) is 21.8. The zero-order valence-corrected chi connectivity index (χ0v) is 18.0. The molecule has 0 saturated carbocycles. The molecule has 1 aliphatic heterocycles. The SMILES string of the molecule is O=C1CSCCOCCOCCSCC(=O)NCc2cc([N+](=O)[O-])cc(c2O)CN1. The van der Waals surface area contributed by atoms with Crippen molar-refractivity contribution in [2.75, 3.05) is 49.4 Å². The first kappa shape index (κ1) is 24.3. The van der Waals surface area contributed by atoms with Gasteiger partial charge in [0.1, 0.15) is 5.75 Å². The molecule has 12 heteroatoms. The zero-order valence-electron chi connectivity index (χ0n) is 16.4. The number of non-ortho nitro benzene ring substituents is 1. The van der Waals surface area contributed by atoms with E-state index in [4.69, 9.17) is 9.47 Å². The minimum absolute atomic E-state index is 0.0580. The van der Waals surface area contributed by atoms with Crippen molar-refractivity contribution < 1.29 is 29.1 Å². The van der Waals surface area contributed by atoms with Crippen molar-refractivity contribution in [2.45, 2.75) is 13.1 Å². The number of carbonyl (C=O) groups is 2. The molecule has 0 aromatic heterocycles. The molecule has 1 heterocycles. The number of nitro groups is 1. The van der Waals surface area contributed by atoms with E-state index in [1.54, 1.807) is 0 Å². The number of fused-ring (bicyclic) bond motifs is 2. The number of benzene rings is 1. The molecule has 30 heavy (non-hydrogen) atoms. The van der Waals surface area contributed by atoms with Crippen LogP contribution in [-0.2, 0) is 32.2 Å². The van der Waals surface area contributed by atoms with Gasteiger partial charge in [0.15, 0.2) is 0 Å². The van der Waals surface area contributed by atoms with Crippen LogP contribution in [0.15, 0.2) is 12.1 Å². The van der Waals surface area contributed by atoms with Crippen LogP contribution in [0.5, 0.6) is 5.75 Å². The second kappa shape index (κ2) is 13.3. The number of nitrogens with one attached hydrogen (secondary N) is 2. The van der Waals surface area contributed by atoms with E-state index in [-0.39, 0.29) is 59.0 Å². The molecule has 0 saturated heterocycles. The van der Waals surface area contributed by atoms with Gasteiger partial charge in [-0.05, 0) is 0 Å². The van der Waals surface area contributed by atoms with E-state index in [2.05, 4.69) is 10.6 Å². The first-order valence-corrected chi connectivity index (χ1v) is 11.6. The van der Waals surface area contributed by atoms with Crippen molar-refractivity contribution in [3.8, 4) is 5.75 Å². The molecule has 0 spiro atoms. The maximum absolute atomic E-state index is 12.0. The first-order valence-electron chi connectivity index (χ1n) is 9.31. The number of phenols is 1. The smallest absolute Gasteiger partial charge is 0.270 e. The van der Waals surface area contributed by atoms with Crippen LogP contribution in [0.3, 0.4) is 0 Å². The maximum atomic E-state index is 12.0. The number of hydrogen-bond donors (Lipinski definition) is 3. The molecule has 1 aromatic rings. The highest BCUT2D eigenvalue weighted by Gasteiger charge is 2.17. The second-order valence-electron chi connectivity index (χ2n) is 6.25. The second-order valence-corrected chi connectivity index (χ2v) is 8.46. The highest BCUT2D eigenvalue weighted by Crippen LogP contribution is 2.28. The topological polar surface area (TPSA) is 140 Å². The fraction of sp³-hybridized carbons (Fsp3) is 0.556. The van der Waals surface area contributed by atoms with Crippen LogP contribution in [0.4, 0.5) is 5.69 Å². The molecule has 1 aromatic carbocycles. The molecule has 2 amide bonds. The number of hydrogen-bond acceptors (Lipinski definition) is 9. The van der Waals surface area contributed by atoms with Crippen molar-refractivity contribution in [1.82, 2.24) is 10.6 Å². The Morgan fingerprint density at radius 2 is 1.37 bits per heavy atom. The summed E-state index contributed by atoms with van der Waals surface area (Å²) in [5.74, 6) is 0.992. The molecule has 10 nitrogen and oxygen atoms in total. The minimum atomic E-state index is -0.580. The number of nitrogens with zero attached hydrogens (tertiary/aromatic N) is 1. The van der Waals surface area contributed by atoms with Gasteiger partial charge in [-0.15, -0.1) is 23.5 Å². The Morgan fingerprint density at radius 3 is 1.80 bits per heavy atom. The van der Waals surface area contributed by atoms with Crippen molar-refractivity contribution in [2.24, 2.45) is 0 Å². The lowest BCUT2D eigenvalue weighted by atomic mass is 10.1. The standard InChI is InChI=1S/C18H25N3O7S2/c22-16-11-29-5-3-27-1-2-28-4-6-30-12-17(23)20-10-14-8-15(21(25)26)7-13(9-19-16)18(14)24/h7-8,24H,1-6,9-12H2,(H,19,22)(H,20,23). The van der Waals surface area contributed by atoms with Gasteiger partial charge in [-0.2, -0.15) is 0 Å². The number of thioether (sulfide) groups is 2. The van der Waals surface area contributed by atoms with Gasteiger partial charge in [-0.25, -0.2) is 0 Å². The molecule has 0 aliphatic carbocycles. The number of nitro benzene ring substituents is 1. The number of phenolic OH excluding ortho intramolecular Hbond substituents is 1. The van der Waals surface area contributed by atoms with Crippen LogP contribution in [-0.4, -0.2) is 71.3 Å². The summed E-state index contributed by atoms with van der Waals surface area (Å²) in [6.07, 6.45) is 0. The Bertz CT molecular complexity index is 697. The van der Waals surface area contributed by atoms with Crippen LogP contribution in [0.1, 0.15) is 11.1 Å². The summed E-state index contributed by atoms with van der Waals surface area (Å²) in [6, 6.07) is 2.43. The van der Waals surface area contributed by atoms with Crippen LogP contribution in [0.2, 0.25) is 0 Å². The third kappa shape index (κ3) is 8.78. The monoisotopic (exact) mass is 459 g/mol. The van der Waals surface area contributed by atoms with Gasteiger partial charge in [0, 0.05) is 47.9 Å². The van der Waals surface area contributed by atoms with Crippen molar-refractivity contribution in [3.05, 3.63) is 33.4 Å². The van der Waals surface area contributed by atoms with E-state index >= 15 is 0 Å². The van der Waals surface area contributed by atoms with Crippen LogP contribution in [0, 0.1) is 10.1 Å². The van der Waals surface area contributed by atoms with Gasteiger partial charge in [0.2, 0.25) is 11.8 Å². The van der Waals surface area contributed by atoms with Gasteiger partial charge in [-0.3, -0.25) is 19.7 Å². The normalized spacial score (nSPS) is 18.5. The third-order valence-electron chi connectivity index (χ3n) is 4.00. The summed E-state index contributed by atoms with van der Waals surface area (Å²) in [7, 11) is 0. The highest BCUT2D eigenvalue weighted by molar-refractivity contribution is 8.00. The van der Waals surface area contributed by atoms with Gasteiger partial charge in [-0.1, -0.05) is 0 Å². The third-order valence-corrected chi connectivity index (χ3v) is 5.84. The Morgan fingerprint density at radius 1 is 0.900 bits per heavy atom. The highest BCUT2D eigenvalue weighted by atomic mass is 32.2. The van der Waals surface area contributed by atoms with E-state index in [0.29, 0.717) is 37.9 Å². The van der Waals surface area contributed by atoms with E-state index in [9.17, 15) is 24.8 Å². The Balaban J connectivity index is 2.08. The summed E-state index contributed by atoms with van der Waals surface area (Å²) in [5, 5.41) is 27.0. The quantitative estimate of drug-likeness (QED) is 0.415. The number of rotatable bonds is 1. The first-order chi connectivity index (χ1) is 14.5. The maximum Gasteiger partial charge on any atom is 0.270 e. The lowest BCUT2D eigenvalue weighted by molar-refractivity contribution is -0.385. The molecule has 166 valence electrons. The van der Waals surface area contributed by atoms with E-state index < -0.39 is 4.92 Å². The van der Waals surface area contributed by atoms with E-state index in [0.717, 1.165) is 0 Å². The lowest BCUT2D eigenvalue weighted by Gasteiger charge is -2.12. The van der Waals surface area contributed by atoms with Gasteiger partial charge >= 0.3 is 0 Å². The predicted octanol–water partition coefficient (Wildman–Crippen LogP) is 1.05. The van der Waals surface area contributed by atoms with Crippen LogP contribution < -0.4 is 10.6 Å². The Kier molecular flexibility index (Phi) is 10.8.